The van der Waals surface area contributed by atoms with Crippen molar-refractivity contribution in [3.05, 3.63) is 0 Å². The summed E-state index contributed by atoms with van der Waals surface area (Å²) in [6.45, 7) is 2.56. The molecule has 7 heteroatoms. The van der Waals surface area contributed by atoms with Crippen molar-refractivity contribution >= 4 is 16.0 Å². The molecule has 0 saturated heterocycles. The Labute approximate surface area is 147 Å². The molecule has 144 valence electrons. The van der Waals surface area contributed by atoms with E-state index in [9.17, 15) is 13.2 Å². The molecule has 0 fully saturated rings. The largest absolute Gasteiger partial charge is 0.292 e. The predicted molar refractivity (Wildman–Crippen MR) is 98.3 cm³/mol. The molecule has 6 nitrogen and oxygen atoms in total. The predicted octanol–water partition coefficient (Wildman–Crippen LogP) is 3.59. The van der Waals surface area contributed by atoms with Crippen LogP contribution in [-0.4, -0.2) is 31.2 Å². The number of hydrogen-bond acceptors (Lipinski definition) is 4. The third-order valence-electron chi connectivity index (χ3n) is 3.94. The van der Waals surface area contributed by atoms with Crippen molar-refractivity contribution in [1.29, 1.82) is 0 Å². The van der Waals surface area contributed by atoms with Gasteiger partial charge in [-0.05, 0) is 12.8 Å². The number of carbonyl (C=O) groups excluding carboxylic acids is 1. The van der Waals surface area contributed by atoms with E-state index in [1.165, 1.54) is 57.8 Å². The van der Waals surface area contributed by atoms with Crippen LogP contribution in [-0.2, 0) is 14.9 Å². The summed E-state index contributed by atoms with van der Waals surface area (Å²) in [4.78, 5) is 11.5. The maximum Gasteiger partial charge on any atom is 0.264 e. The highest BCUT2D eigenvalue weighted by Crippen LogP contribution is 2.11. The minimum absolute atomic E-state index is 0.0715. The number of hydrazine groups is 1. The first-order valence-corrected chi connectivity index (χ1v) is 11.0. The molecule has 0 spiro atoms. The Bertz CT molecular complexity index is 399. The molecular formula is C17H36N2O4S. The molecule has 1 amide bonds. The maximum atomic E-state index is 11.5. The van der Waals surface area contributed by atoms with Crippen molar-refractivity contribution < 1.29 is 17.8 Å². The van der Waals surface area contributed by atoms with Crippen LogP contribution in [0.2, 0.25) is 0 Å². The molecule has 0 atom stereocenters. The first kappa shape index (κ1) is 23.3. The van der Waals surface area contributed by atoms with E-state index >= 15 is 0 Å². The van der Waals surface area contributed by atoms with Crippen LogP contribution in [0.15, 0.2) is 0 Å². The number of nitrogens with one attached hydrogen (secondary N) is 2. The van der Waals surface area contributed by atoms with Crippen LogP contribution in [0.25, 0.3) is 0 Å². The van der Waals surface area contributed by atoms with Gasteiger partial charge in [0.1, 0.15) is 0 Å². The Morgan fingerprint density at radius 3 is 1.83 bits per heavy atom. The molecule has 0 aliphatic carbocycles. The highest BCUT2D eigenvalue weighted by Gasteiger charge is 2.04. The van der Waals surface area contributed by atoms with Gasteiger partial charge in [0.25, 0.3) is 10.1 Å². The fourth-order valence-corrected chi connectivity index (χ4v) is 3.03. The van der Waals surface area contributed by atoms with Gasteiger partial charge in [-0.25, -0.2) is 5.43 Å². The van der Waals surface area contributed by atoms with Crippen LogP contribution in [0.4, 0.5) is 0 Å². The summed E-state index contributed by atoms with van der Waals surface area (Å²) in [5.74, 6) is -0.369. The molecule has 0 heterocycles. The van der Waals surface area contributed by atoms with Crippen LogP contribution < -0.4 is 10.9 Å². The van der Waals surface area contributed by atoms with E-state index in [-0.39, 0.29) is 18.1 Å². The van der Waals surface area contributed by atoms with E-state index < -0.39 is 10.1 Å². The Kier molecular flexibility index (Phi) is 15.4. The molecule has 0 unspecified atom stereocenters. The van der Waals surface area contributed by atoms with E-state index in [1.807, 2.05) is 0 Å². The third-order valence-corrected chi connectivity index (χ3v) is 4.74. The van der Waals surface area contributed by atoms with Crippen molar-refractivity contribution in [1.82, 2.24) is 10.9 Å². The average molecular weight is 365 g/mol. The van der Waals surface area contributed by atoms with Crippen LogP contribution in [0.3, 0.4) is 0 Å². The Morgan fingerprint density at radius 1 is 0.833 bits per heavy atom. The minimum atomic E-state index is -3.91. The monoisotopic (exact) mass is 364 g/mol. The zero-order valence-corrected chi connectivity index (χ0v) is 16.0. The van der Waals surface area contributed by atoms with Gasteiger partial charge in [0.15, 0.2) is 0 Å². The molecule has 0 bridgehead atoms. The van der Waals surface area contributed by atoms with Crippen molar-refractivity contribution in [2.75, 3.05) is 12.3 Å². The number of carbonyl (C=O) groups is 1. The number of hydrogen-bond donors (Lipinski definition) is 3. The van der Waals surface area contributed by atoms with Gasteiger partial charge in [0.2, 0.25) is 5.91 Å². The van der Waals surface area contributed by atoms with E-state index in [4.69, 9.17) is 4.55 Å². The Morgan fingerprint density at radius 2 is 1.33 bits per heavy atom. The van der Waals surface area contributed by atoms with E-state index in [0.717, 1.165) is 12.8 Å². The molecule has 0 aromatic rings. The lowest BCUT2D eigenvalue weighted by atomic mass is 10.1. The molecule has 3 N–H and O–H groups in total. The fraction of sp³-hybridized carbons (Fsp3) is 0.941. The van der Waals surface area contributed by atoms with E-state index in [0.29, 0.717) is 13.0 Å². The van der Waals surface area contributed by atoms with Crippen LogP contribution in [0, 0.1) is 0 Å². The minimum Gasteiger partial charge on any atom is -0.292 e. The fourth-order valence-electron chi connectivity index (χ4n) is 2.52. The normalized spacial score (nSPS) is 11.6. The standard InChI is InChI=1S/C17H36N2O4S/c1-2-3-4-5-6-7-8-9-10-11-12-14-17(20)19-18-15-13-16-24(21,22)23/h18H,2-16H2,1H3,(H,19,20)(H,21,22,23). The molecule has 24 heavy (non-hydrogen) atoms. The van der Waals surface area contributed by atoms with Crippen LogP contribution in [0.5, 0.6) is 0 Å². The van der Waals surface area contributed by atoms with E-state index in [1.54, 1.807) is 0 Å². The quantitative estimate of drug-likeness (QED) is 0.208. The molecule has 0 saturated carbocycles. The van der Waals surface area contributed by atoms with Crippen LogP contribution >= 0.6 is 0 Å². The maximum absolute atomic E-state index is 11.5. The molecule has 0 aromatic heterocycles. The van der Waals surface area contributed by atoms with Crippen LogP contribution in [0.1, 0.15) is 90.4 Å². The van der Waals surface area contributed by atoms with Gasteiger partial charge in [-0.1, -0.05) is 71.1 Å². The lowest BCUT2D eigenvalue weighted by Gasteiger charge is -2.06. The Hall–Kier alpha value is -0.660. The van der Waals surface area contributed by atoms with Crippen molar-refractivity contribution in [2.45, 2.75) is 90.4 Å². The first-order valence-electron chi connectivity index (χ1n) is 9.42. The van der Waals surface area contributed by atoms with E-state index in [2.05, 4.69) is 17.8 Å². The lowest BCUT2D eigenvalue weighted by Crippen LogP contribution is -2.38. The summed E-state index contributed by atoms with van der Waals surface area (Å²) < 4.78 is 29.5. The topological polar surface area (TPSA) is 95.5 Å². The van der Waals surface area contributed by atoms with Gasteiger partial charge in [-0.2, -0.15) is 8.42 Å². The molecule has 0 aliphatic rings. The Balaban J connectivity index is 3.23. The first-order chi connectivity index (χ1) is 11.5. The van der Waals surface area contributed by atoms with Crippen molar-refractivity contribution in [3.8, 4) is 0 Å². The zero-order valence-electron chi connectivity index (χ0n) is 15.2. The number of unbranched alkanes of at least 4 members (excludes halogenated alkanes) is 10. The lowest BCUT2D eigenvalue weighted by molar-refractivity contribution is -0.122. The second kappa shape index (κ2) is 15.8. The number of amides is 1. The summed E-state index contributed by atoms with van der Waals surface area (Å²) in [6.07, 6.45) is 14.5. The van der Waals surface area contributed by atoms with Gasteiger partial charge < -0.3 is 0 Å². The summed E-state index contributed by atoms with van der Waals surface area (Å²) in [5, 5.41) is 0. The van der Waals surface area contributed by atoms with Gasteiger partial charge in [-0.3, -0.25) is 14.8 Å². The molecule has 0 radical (unpaired) electrons. The van der Waals surface area contributed by atoms with Gasteiger partial charge in [-0.15, -0.1) is 0 Å². The zero-order chi connectivity index (χ0) is 18.1. The summed E-state index contributed by atoms with van der Waals surface area (Å²) in [7, 11) is -3.91. The van der Waals surface area contributed by atoms with Crippen molar-refractivity contribution in [3.63, 3.8) is 0 Å². The molecule has 0 rings (SSSR count). The smallest absolute Gasteiger partial charge is 0.264 e. The molecule has 0 aromatic carbocycles. The van der Waals surface area contributed by atoms with Crippen molar-refractivity contribution in [2.24, 2.45) is 0 Å². The third kappa shape index (κ3) is 19.4. The molecule has 0 aliphatic heterocycles. The second-order valence-electron chi connectivity index (χ2n) is 6.40. The summed E-state index contributed by atoms with van der Waals surface area (Å²) in [6, 6.07) is 0. The SMILES string of the molecule is CCCCCCCCCCCCCC(=O)NNCCCS(=O)(=O)O. The highest BCUT2D eigenvalue weighted by molar-refractivity contribution is 7.85. The summed E-state index contributed by atoms with van der Waals surface area (Å²) >= 11 is 0. The summed E-state index contributed by atoms with van der Waals surface area (Å²) in [5.41, 5.74) is 5.21. The van der Waals surface area contributed by atoms with Gasteiger partial charge in [0.05, 0.1) is 5.75 Å². The van der Waals surface area contributed by atoms with Gasteiger partial charge in [0, 0.05) is 13.0 Å². The van der Waals surface area contributed by atoms with Gasteiger partial charge >= 0.3 is 0 Å². The second-order valence-corrected chi connectivity index (χ2v) is 7.97. The average Bonchev–Trinajstić information content (AvgIpc) is 2.51. The number of rotatable bonds is 17. The molecular weight excluding hydrogens is 328 g/mol. The highest BCUT2D eigenvalue weighted by atomic mass is 32.2.